The van der Waals surface area contributed by atoms with Crippen LogP contribution in [0, 0.1) is 0 Å². The third-order valence-electron chi connectivity index (χ3n) is 4.15. The molecule has 0 aliphatic heterocycles. The van der Waals surface area contributed by atoms with E-state index < -0.39 is 0 Å². The number of nitrogens with one attached hydrogen (secondary N) is 1. The van der Waals surface area contributed by atoms with Gasteiger partial charge in [-0.2, -0.15) is 5.10 Å². The molecule has 1 aliphatic rings. The summed E-state index contributed by atoms with van der Waals surface area (Å²) < 4.78 is 5.41. The van der Waals surface area contributed by atoms with Crippen LogP contribution in [0.1, 0.15) is 47.9 Å². The van der Waals surface area contributed by atoms with E-state index in [-0.39, 0.29) is 5.91 Å². The highest BCUT2D eigenvalue weighted by Gasteiger charge is 2.34. The van der Waals surface area contributed by atoms with Crippen molar-refractivity contribution < 1.29 is 9.53 Å². The predicted octanol–water partition coefficient (Wildman–Crippen LogP) is 3.18. The van der Waals surface area contributed by atoms with Crippen molar-refractivity contribution in [2.75, 3.05) is 7.11 Å². The van der Waals surface area contributed by atoms with Gasteiger partial charge in [0.15, 0.2) is 0 Å². The molecule has 3 rings (SSSR count). The van der Waals surface area contributed by atoms with Gasteiger partial charge in [-0.15, -0.1) is 0 Å². The molecule has 0 bridgehead atoms. The van der Waals surface area contributed by atoms with Crippen molar-refractivity contribution in [3.05, 3.63) is 47.3 Å². The van der Waals surface area contributed by atoms with Gasteiger partial charge in [0.05, 0.1) is 7.11 Å². The summed E-state index contributed by atoms with van der Waals surface area (Å²) in [4.78, 5) is 14.8. The number of carbonyl (C=O) groups is 1. The second kappa shape index (κ2) is 6.86. The second-order valence-electron chi connectivity index (χ2n) is 6.00. The first-order valence-corrected chi connectivity index (χ1v) is 8.20. The van der Waals surface area contributed by atoms with E-state index in [1.54, 1.807) is 7.11 Å². The molecule has 1 aromatic heterocycles. The minimum absolute atomic E-state index is 0.00277. The highest BCUT2D eigenvalue weighted by Crippen LogP contribution is 2.31. The number of para-hydroxylation sites is 1. The van der Waals surface area contributed by atoms with E-state index in [9.17, 15) is 4.79 Å². The highest BCUT2D eigenvalue weighted by molar-refractivity contribution is 5.92. The molecule has 1 amide bonds. The summed E-state index contributed by atoms with van der Waals surface area (Å²) in [5, 5.41) is 7.17. The Balaban J connectivity index is 1.79. The molecular weight excluding hydrogens is 290 g/mol. The molecule has 1 fully saturated rings. The maximum Gasteiger partial charge on any atom is 0.274 e. The number of ether oxygens (including phenoxy) is 1. The van der Waals surface area contributed by atoms with Gasteiger partial charge in [0, 0.05) is 23.8 Å². The van der Waals surface area contributed by atoms with Crippen molar-refractivity contribution in [3.63, 3.8) is 0 Å². The van der Waals surface area contributed by atoms with Crippen LogP contribution in [-0.2, 0) is 13.0 Å². The molecule has 1 aromatic carbocycles. The largest absolute Gasteiger partial charge is 0.496 e. The monoisotopic (exact) mass is 313 g/mol. The van der Waals surface area contributed by atoms with Gasteiger partial charge in [0.2, 0.25) is 0 Å². The van der Waals surface area contributed by atoms with E-state index in [1.807, 2.05) is 35.2 Å². The molecule has 5 nitrogen and oxygen atoms in total. The van der Waals surface area contributed by atoms with E-state index >= 15 is 0 Å². The lowest BCUT2D eigenvalue weighted by Gasteiger charge is -2.22. The normalized spacial score (nSPS) is 13.8. The van der Waals surface area contributed by atoms with E-state index in [4.69, 9.17) is 4.74 Å². The Morgan fingerprint density at radius 1 is 1.39 bits per heavy atom. The van der Waals surface area contributed by atoms with Gasteiger partial charge < -0.3 is 9.64 Å². The Bertz CT molecular complexity index is 676. The summed E-state index contributed by atoms with van der Waals surface area (Å²) in [7, 11) is 1.66. The number of nitrogens with zero attached hydrogens (tertiary/aromatic N) is 2. The first-order valence-electron chi connectivity index (χ1n) is 8.20. The topological polar surface area (TPSA) is 58.2 Å². The number of aromatic nitrogens is 2. The summed E-state index contributed by atoms with van der Waals surface area (Å²) in [6.45, 7) is 2.67. The lowest BCUT2D eigenvalue weighted by atomic mass is 10.1. The quantitative estimate of drug-likeness (QED) is 0.854. The van der Waals surface area contributed by atoms with Gasteiger partial charge in [-0.25, -0.2) is 0 Å². The standard InChI is InChI=1S/C18H23N3O2/c1-3-6-14-11-16(20-19-14)18(22)21(15-9-10-15)12-13-7-4-5-8-17(13)23-2/h4-5,7-8,11,15H,3,6,9-10,12H2,1-2H3,(H,19,20). The Hall–Kier alpha value is -2.30. The number of benzene rings is 1. The maximum atomic E-state index is 12.9. The molecule has 0 atom stereocenters. The predicted molar refractivity (Wildman–Crippen MR) is 88.5 cm³/mol. The SMILES string of the molecule is CCCc1cc(C(=O)N(Cc2ccccc2OC)C2CC2)n[nH]1. The van der Waals surface area contributed by atoms with Crippen LogP contribution in [0.25, 0.3) is 0 Å². The molecule has 2 aromatic rings. The van der Waals surface area contributed by atoms with Crippen LogP contribution in [0.2, 0.25) is 0 Å². The van der Waals surface area contributed by atoms with Crippen molar-refractivity contribution in [1.29, 1.82) is 0 Å². The van der Waals surface area contributed by atoms with Crippen molar-refractivity contribution >= 4 is 5.91 Å². The Morgan fingerprint density at radius 2 is 2.17 bits per heavy atom. The Labute approximate surface area is 136 Å². The lowest BCUT2D eigenvalue weighted by molar-refractivity contribution is 0.0722. The molecule has 0 saturated heterocycles. The average Bonchev–Trinajstić information content (AvgIpc) is 3.31. The molecule has 1 N–H and O–H groups in total. The molecule has 1 saturated carbocycles. The molecule has 0 radical (unpaired) electrons. The van der Waals surface area contributed by atoms with Crippen molar-refractivity contribution in [2.24, 2.45) is 0 Å². The molecule has 1 aliphatic carbocycles. The molecule has 5 heteroatoms. The fourth-order valence-electron chi connectivity index (χ4n) is 2.79. The summed E-state index contributed by atoms with van der Waals surface area (Å²) in [5.74, 6) is 0.816. The van der Waals surface area contributed by atoms with Crippen molar-refractivity contribution in [3.8, 4) is 5.75 Å². The Morgan fingerprint density at radius 3 is 2.87 bits per heavy atom. The van der Waals surface area contributed by atoms with Gasteiger partial charge in [0.25, 0.3) is 5.91 Å². The second-order valence-corrected chi connectivity index (χ2v) is 6.00. The van der Waals surface area contributed by atoms with Crippen molar-refractivity contribution in [1.82, 2.24) is 15.1 Å². The first-order chi connectivity index (χ1) is 11.2. The van der Waals surface area contributed by atoms with Crippen LogP contribution < -0.4 is 4.74 Å². The summed E-state index contributed by atoms with van der Waals surface area (Å²) in [6, 6.07) is 10.0. The summed E-state index contributed by atoms with van der Waals surface area (Å²) in [6.07, 6.45) is 4.07. The van der Waals surface area contributed by atoms with Gasteiger partial charge in [-0.3, -0.25) is 9.89 Å². The zero-order valence-electron chi connectivity index (χ0n) is 13.7. The summed E-state index contributed by atoms with van der Waals surface area (Å²) >= 11 is 0. The highest BCUT2D eigenvalue weighted by atomic mass is 16.5. The van der Waals surface area contributed by atoms with E-state index in [1.165, 1.54) is 0 Å². The van der Waals surface area contributed by atoms with Crippen LogP contribution in [0.3, 0.4) is 0 Å². The fraction of sp³-hybridized carbons (Fsp3) is 0.444. The van der Waals surface area contributed by atoms with Crippen LogP contribution in [0.5, 0.6) is 5.75 Å². The average molecular weight is 313 g/mol. The first kappa shape index (κ1) is 15.6. The third-order valence-corrected chi connectivity index (χ3v) is 4.15. The zero-order valence-corrected chi connectivity index (χ0v) is 13.7. The Kier molecular flexibility index (Phi) is 4.65. The molecule has 1 heterocycles. The van der Waals surface area contributed by atoms with Crippen LogP contribution in [0.15, 0.2) is 30.3 Å². The molecule has 0 unspecified atom stereocenters. The van der Waals surface area contributed by atoms with Crippen LogP contribution >= 0.6 is 0 Å². The number of carbonyl (C=O) groups excluding carboxylic acids is 1. The summed E-state index contributed by atoms with van der Waals surface area (Å²) in [5.41, 5.74) is 2.55. The number of H-pyrrole nitrogens is 1. The smallest absolute Gasteiger partial charge is 0.274 e. The molecule has 122 valence electrons. The van der Waals surface area contributed by atoms with Gasteiger partial charge >= 0.3 is 0 Å². The van der Waals surface area contributed by atoms with Gasteiger partial charge in [0.1, 0.15) is 11.4 Å². The van der Waals surface area contributed by atoms with Crippen molar-refractivity contribution in [2.45, 2.75) is 45.2 Å². The number of hydrogen-bond acceptors (Lipinski definition) is 3. The van der Waals surface area contributed by atoms with E-state index in [0.717, 1.165) is 42.7 Å². The van der Waals surface area contributed by atoms with E-state index in [2.05, 4.69) is 17.1 Å². The number of amides is 1. The lowest BCUT2D eigenvalue weighted by Crippen LogP contribution is -2.33. The number of hydrogen-bond donors (Lipinski definition) is 1. The molecule has 0 spiro atoms. The molecule has 23 heavy (non-hydrogen) atoms. The fourth-order valence-corrected chi connectivity index (χ4v) is 2.79. The van der Waals surface area contributed by atoms with E-state index in [0.29, 0.717) is 18.3 Å². The number of methoxy groups -OCH3 is 1. The van der Waals surface area contributed by atoms with Crippen LogP contribution in [-0.4, -0.2) is 34.2 Å². The zero-order chi connectivity index (χ0) is 16.2. The van der Waals surface area contributed by atoms with Gasteiger partial charge in [-0.05, 0) is 31.4 Å². The number of aromatic amines is 1. The number of rotatable bonds is 7. The third kappa shape index (κ3) is 3.55. The minimum atomic E-state index is -0.00277. The maximum absolute atomic E-state index is 12.9. The van der Waals surface area contributed by atoms with Gasteiger partial charge in [-0.1, -0.05) is 31.5 Å². The van der Waals surface area contributed by atoms with Crippen LogP contribution in [0.4, 0.5) is 0 Å². The number of aryl methyl sites for hydroxylation is 1. The minimum Gasteiger partial charge on any atom is -0.496 e. The molecular formula is C18H23N3O2.